The van der Waals surface area contributed by atoms with Gasteiger partial charge in [0.1, 0.15) is 0 Å². The molecule has 0 spiro atoms. The second-order valence-electron chi connectivity index (χ2n) is 1.94. The molecule has 0 unspecified atom stereocenters. The second-order valence-corrected chi connectivity index (χ2v) is 2.20. The number of aryl methyl sites for hydroxylation is 1. The van der Waals surface area contributed by atoms with E-state index in [-0.39, 0.29) is 0 Å². The molecule has 9 heavy (non-hydrogen) atoms. The summed E-state index contributed by atoms with van der Waals surface area (Å²) in [5, 5.41) is 0. The number of pyridine rings is 1. The Bertz CT molecular complexity index is 198. The molecule has 0 radical (unpaired) electrons. The first kappa shape index (κ1) is 6.56. The van der Waals surface area contributed by atoms with Crippen molar-refractivity contribution in [3.63, 3.8) is 0 Å². The molecule has 1 aromatic rings. The minimum atomic E-state index is 0.555. The molecule has 0 saturated carbocycles. The highest BCUT2D eigenvalue weighted by molar-refractivity contribution is 6.17. The molecule has 0 amide bonds. The summed E-state index contributed by atoms with van der Waals surface area (Å²) in [6.45, 7) is 2.03. The molecule has 1 heterocycles. The Morgan fingerprint density at radius 3 is 2.89 bits per heavy atom. The van der Waals surface area contributed by atoms with Crippen molar-refractivity contribution in [3.05, 3.63) is 29.6 Å². The van der Waals surface area contributed by atoms with Gasteiger partial charge in [-0.3, -0.25) is 4.98 Å². The standard InChI is InChI=1S/C7H8ClN/c1-6-2-3-9-5-7(6)4-8/h2-3,5H,4H2,1H3. The molecule has 0 atom stereocenters. The van der Waals surface area contributed by atoms with Crippen molar-refractivity contribution in [2.24, 2.45) is 0 Å². The highest BCUT2D eigenvalue weighted by Gasteiger charge is 1.91. The lowest BCUT2D eigenvalue weighted by Gasteiger charge is -1.96. The highest BCUT2D eigenvalue weighted by atomic mass is 35.5. The van der Waals surface area contributed by atoms with Gasteiger partial charge in [-0.15, -0.1) is 11.6 Å². The molecule has 1 rings (SSSR count). The van der Waals surface area contributed by atoms with Gasteiger partial charge in [0.2, 0.25) is 0 Å². The molecule has 0 fully saturated rings. The maximum absolute atomic E-state index is 5.59. The van der Waals surface area contributed by atoms with Crippen molar-refractivity contribution in [2.45, 2.75) is 12.8 Å². The lowest BCUT2D eigenvalue weighted by molar-refractivity contribution is 1.19. The Balaban J connectivity index is 3.01. The van der Waals surface area contributed by atoms with E-state index in [1.54, 1.807) is 12.4 Å². The van der Waals surface area contributed by atoms with Gasteiger partial charge in [-0.05, 0) is 24.1 Å². The van der Waals surface area contributed by atoms with Crippen molar-refractivity contribution in [1.82, 2.24) is 4.98 Å². The van der Waals surface area contributed by atoms with Gasteiger partial charge in [-0.1, -0.05) is 0 Å². The molecular formula is C7H8ClN. The Kier molecular flexibility index (Phi) is 2.06. The lowest BCUT2D eigenvalue weighted by Crippen LogP contribution is -1.84. The van der Waals surface area contributed by atoms with E-state index in [9.17, 15) is 0 Å². The zero-order valence-corrected chi connectivity index (χ0v) is 6.02. The van der Waals surface area contributed by atoms with Crippen LogP contribution in [0.25, 0.3) is 0 Å². The van der Waals surface area contributed by atoms with E-state index >= 15 is 0 Å². The number of hydrogen-bond donors (Lipinski definition) is 0. The quantitative estimate of drug-likeness (QED) is 0.546. The van der Waals surface area contributed by atoms with E-state index in [4.69, 9.17) is 11.6 Å². The number of alkyl halides is 1. The van der Waals surface area contributed by atoms with Crippen LogP contribution >= 0.6 is 11.6 Å². The van der Waals surface area contributed by atoms with Crippen LogP contribution in [-0.4, -0.2) is 4.98 Å². The molecule has 1 nitrogen and oxygen atoms in total. The third kappa shape index (κ3) is 1.42. The monoisotopic (exact) mass is 141 g/mol. The fourth-order valence-electron chi connectivity index (χ4n) is 0.637. The molecule has 1 aromatic heterocycles. The molecule has 0 saturated heterocycles. The van der Waals surface area contributed by atoms with Crippen LogP contribution in [0.4, 0.5) is 0 Å². The minimum Gasteiger partial charge on any atom is -0.264 e. The largest absolute Gasteiger partial charge is 0.264 e. The van der Waals surface area contributed by atoms with Gasteiger partial charge in [-0.25, -0.2) is 0 Å². The lowest BCUT2D eigenvalue weighted by atomic mass is 10.2. The third-order valence-corrected chi connectivity index (χ3v) is 1.58. The highest BCUT2D eigenvalue weighted by Crippen LogP contribution is 2.06. The van der Waals surface area contributed by atoms with Crippen LogP contribution in [0.2, 0.25) is 0 Å². The second kappa shape index (κ2) is 2.83. The summed E-state index contributed by atoms with van der Waals surface area (Å²) >= 11 is 5.59. The molecule has 0 aromatic carbocycles. The predicted molar refractivity (Wildman–Crippen MR) is 38.5 cm³/mol. The van der Waals surface area contributed by atoms with E-state index in [0.29, 0.717) is 5.88 Å². The summed E-state index contributed by atoms with van der Waals surface area (Å²) in [7, 11) is 0. The normalized spacial score (nSPS) is 9.56. The number of nitrogens with zero attached hydrogens (tertiary/aromatic N) is 1. The van der Waals surface area contributed by atoms with E-state index in [1.165, 1.54) is 5.56 Å². The Morgan fingerprint density at radius 1 is 1.67 bits per heavy atom. The number of rotatable bonds is 1. The van der Waals surface area contributed by atoms with Gasteiger partial charge in [0.15, 0.2) is 0 Å². The van der Waals surface area contributed by atoms with Crippen LogP contribution in [-0.2, 0) is 5.88 Å². The van der Waals surface area contributed by atoms with Gasteiger partial charge >= 0.3 is 0 Å². The van der Waals surface area contributed by atoms with Crippen LogP contribution in [0.1, 0.15) is 11.1 Å². The molecule has 0 N–H and O–H groups in total. The Labute approximate surface area is 59.7 Å². The molecule has 48 valence electrons. The summed E-state index contributed by atoms with van der Waals surface area (Å²) in [5.74, 6) is 0.555. The number of hydrogen-bond acceptors (Lipinski definition) is 1. The molecule has 0 aliphatic heterocycles. The Morgan fingerprint density at radius 2 is 2.44 bits per heavy atom. The first-order chi connectivity index (χ1) is 4.34. The van der Waals surface area contributed by atoms with Gasteiger partial charge < -0.3 is 0 Å². The Hall–Kier alpha value is -0.560. The average molecular weight is 142 g/mol. The van der Waals surface area contributed by atoms with Crippen LogP contribution in [0.15, 0.2) is 18.5 Å². The first-order valence-corrected chi connectivity index (χ1v) is 3.33. The maximum Gasteiger partial charge on any atom is 0.0491 e. The van der Waals surface area contributed by atoms with Crippen LogP contribution in [0, 0.1) is 6.92 Å². The van der Waals surface area contributed by atoms with Crippen molar-refractivity contribution >= 4 is 11.6 Å². The van der Waals surface area contributed by atoms with E-state index in [0.717, 1.165) is 5.56 Å². The summed E-state index contributed by atoms with van der Waals surface area (Å²) in [6.07, 6.45) is 3.56. The number of halogens is 1. The smallest absolute Gasteiger partial charge is 0.0491 e. The fourth-order valence-corrected chi connectivity index (χ4v) is 0.916. The topological polar surface area (TPSA) is 12.9 Å². The number of aromatic nitrogens is 1. The van der Waals surface area contributed by atoms with Gasteiger partial charge in [0, 0.05) is 18.3 Å². The van der Waals surface area contributed by atoms with Gasteiger partial charge in [-0.2, -0.15) is 0 Å². The summed E-state index contributed by atoms with van der Waals surface area (Å²) in [5.41, 5.74) is 2.32. The van der Waals surface area contributed by atoms with Crippen molar-refractivity contribution in [1.29, 1.82) is 0 Å². The molecule has 0 aliphatic carbocycles. The van der Waals surface area contributed by atoms with Crippen LogP contribution in [0.5, 0.6) is 0 Å². The average Bonchev–Trinajstić information content (AvgIpc) is 1.89. The molecule has 0 aliphatic rings. The van der Waals surface area contributed by atoms with E-state index in [2.05, 4.69) is 4.98 Å². The van der Waals surface area contributed by atoms with E-state index < -0.39 is 0 Å². The predicted octanol–water partition coefficient (Wildman–Crippen LogP) is 2.13. The molecule has 0 bridgehead atoms. The summed E-state index contributed by atoms with van der Waals surface area (Å²) in [4.78, 5) is 3.93. The zero-order valence-electron chi connectivity index (χ0n) is 5.26. The van der Waals surface area contributed by atoms with Gasteiger partial charge in [0.25, 0.3) is 0 Å². The maximum atomic E-state index is 5.59. The summed E-state index contributed by atoms with van der Waals surface area (Å²) in [6, 6.07) is 1.96. The van der Waals surface area contributed by atoms with Crippen molar-refractivity contribution in [3.8, 4) is 0 Å². The first-order valence-electron chi connectivity index (χ1n) is 2.80. The van der Waals surface area contributed by atoms with E-state index in [1.807, 2.05) is 13.0 Å². The van der Waals surface area contributed by atoms with Gasteiger partial charge in [0.05, 0.1) is 0 Å². The summed E-state index contributed by atoms with van der Waals surface area (Å²) < 4.78 is 0. The SMILES string of the molecule is Cc1ccncc1CCl. The fraction of sp³-hybridized carbons (Fsp3) is 0.286. The zero-order chi connectivity index (χ0) is 6.69. The van der Waals surface area contributed by atoms with Crippen molar-refractivity contribution < 1.29 is 0 Å². The van der Waals surface area contributed by atoms with Crippen LogP contribution < -0.4 is 0 Å². The minimum absolute atomic E-state index is 0.555. The van der Waals surface area contributed by atoms with Crippen LogP contribution in [0.3, 0.4) is 0 Å². The third-order valence-electron chi connectivity index (χ3n) is 1.29. The van der Waals surface area contributed by atoms with Crippen molar-refractivity contribution in [2.75, 3.05) is 0 Å². The molecule has 2 heteroatoms. The molecular weight excluding hydrogens is 134 g/mol.